The third-order valence-electron chi connectivity index (χ3n) is 6.64. The average Bonchev–Trinajstić information content (AvgIpc) is 3.28. The number of nitrogens with zero attached hydrogens (tertiary/aromatic N) is 2. The van der Waals surface area contributed by atoms with Crippen molar-refractivity contribution in [2.45, 2.75) is 64.1 Å². The number of carbonyl (C=O) groups excluding carboxylic acids is 2. The van der Waals surface area contributed by atoms with Crippen molar-refractivity contribution in [2.75, 3.05) is 13.2 Å². The maximum absolute atomic E-state index is 13.1. The van der Waals surface area contributed by atoms with Gasteiger partial charge in [0.1, 0.15) is 5.75 Å². The highest BCUT2D eigenvalue weighted by Crippen LogP contribution is 2.33. The minimum absolute atomic E-state index is 0.0302. The van der Waals surface area contributed by atoms with E-state index in [4.69, 9.17) is 4.74 Å². The van der Waals surface area contributed by atoms with Crippen LogP contribution in [0.3, 0.4) is 0 Å². The molecular weight excluding hydrogens is 388 g/mol. The molecule has 3 atom stereocenters. The molecule has 2 aliphatic heterocycles. The Kier molecular flexibility index (Phi) is 6.59. The lowest BCUT2D eigenvalue weighted by atomic mass is 9.97. The number of hydrogen-bond donors (Lipinski definition) is 0. The Bertz CT molecular complexity index is 887. The number of carbonyl (C=O) groups is 2. The highest BCUT2D eigenvalue weighted by atomic mass is 16.5. The van der Waals surface area contributed by atoms with Crippen molar-refractivity contribution < 1.29 is 14.3 Å². The molecule has 2 aliphatic rings. The van der Waals surface area contributed by atoms with Crippen LogP contribution in [0.1, 0.15) is 67.9 Å². The van der Waals surface area contributed by atoms with Crippen molar-refractivity contribution in [3.63, 3.8) is 0 Å². The summed E-state index contributed by atoms with van der Waals surface area (Å²) in [6.45, 7) is 5.02. The van der Waals surface area contributed by atoms with Crippen LogP contribution in [0.15, 0.2) is 54.6 Å². The highest BCUT2D eigenvalue weighted by molar-refractivity contribution is 5.94. The van der Waals surface area contributed by atoms with E-state index in [2.05, 4.69) is 26.0 Å². The van der Waals surface area contributed by atoms with Gasteiger partial charge in [0.2, 0.25) is 0 Å². The van der Waals surface area contributed by atoms with Gasteiger partial charge in [-0.05, 0) is 75.8 Å². The van der Waals surface area contributed by atoms with E-state index < -0.39 is 0 Å². The SMILES string of the molecule is CC1CCCC(C)N1C(=O)COc1ccc(C(=O)N2CCCC2c2ccccc2)cc1. The summed E-state index contributed by atoms with van der Waals surface area (Å²) >= 11 is 0. The molecule has 31 heavy (non-hydrogen) atoms. The summed E-state index contributed by atoms with van der Waals surface area (Å²) < 4.78 is 5.75. The van der Waals surface area contributed by atoms with Crippen LogP contribution in [0.4, 0.5) is 0 Å². The number of benzene rings is 2. The van der Waals surface area contributed by atoms with Crippen molar-refractivity contribution in [3.8, 4) is 5.75 Å². The Morgan fingerprint density at radius 2 is 1.58 bits per heavy atom. The second-order valence-electron chi connectivity index (χ2n) is 8.81. The first-order valence-electron chi connectivity index (χ1n) is 11.4. The first kappa shape index (κ1) is 21.4. The Labute approximate surface area is 185 Å². The van der Waals surface area contributed by atoms with Gasteiger partial charge in [-0.1, -0.05) is 30.3 Å². The van der Waals surface area contributed by atoms with Gasteiger partial charge in [0, 0.05) is 24.2 Å². The predicted octanol–water partition coefficient (Wildman–Crippen LogP) is 4.83. The van der Waals surface area contributed by atoms with E-state index in [1.54, 1.807) is 24.3 Å². The first-order chi connectivity index (χ1) is 15.0. The molecule has 5 nitrogen and oxygen atoms in total. The molecule has 2 fully saturated rings. The minimum Gasteiger partial charge on any atom is -0.484 e. The second kappa shape index (κ2) is 9.54. The fourth-order valence-electron chi connectivity index (χ4n) is 5.02. The summed E-state index contributed by atoms with van der Waals surface area (Å²) in [4.78, 5) is 29.7. The quantitative estimate of drug-likeness (QED) is 0.696. The molecular formula is C26H32N2O3. The lowest BCUT2D eigenvalue weighted by Crippen LogP contribution is -2.49. The number of likely N-dealkylation sites (tertiary alicyclic amines) is 2. The molecule has 0 saturated carbocycles. The van der Waals surface area contributed by atoms with Crippen LogP contribution >= 0.6 is 0 Å². The molecule has 5 heteroatoms. The summed E-state index contributed by atoms with van der Waals surface area (Å²) in [6, 6.07) is 18.1. The van der Waals surface area contributed by atoms with Crippen LogP contribution < -0.4 is 4.74 Å². The van der Waals surface area contributed by atoms with Crippen molar-refractivity contribution in [3.05, 3.63) is 65.7 Å². The van der Waals surface area contributed by atoms with Crippen molar-refractivity contribution >= 4 is 11.8 Å². The van der Waals surface area contributed by atoms with Gasteiger partial charge < -0.3 is 14.5 Å². The number of hydrogen-bond acceptors (Lipinski definition) is 3. The van der Waals surface area contributed by atoms with Gasteiger partial charge in [-0.25, -0.2) is 0 Å². The summed E-state index contributed by atoms with van der Waals surface area (Å²) in [7, 11) is 0. The Morgan fingerprint density at radius 1 is 0.903 bits per heavy atom. The largest absolute Gasteiger partial charge is 0.484 e. The maximum Gasteiger partial charge on any atom is 0.260 e. The van der Waals surface area contributed by atoms with E-state index in [0.717, 1.165) is 32.2 Å². The van der Waals surface area contributed by atoms with Gasteiger partial charge in [-0.2, -0.15) is 0 Å². The van der Waals surface area contributed by atoms with E-state index in [1.807, 2.05) is 28.0 Å². The third kappa shape index (κ3) is 4.76. The van der Waals surface area contributed by atoms with Crippen LogP contribution in [0.25, 0.3) is 0 Å². The van der Waals surface area contributed by atoms with Crippen LogP contribution in [-0.4, -0.2) is 46.8 Å². The minimum atomic E-state index is 0.0302. The Hall–Kier alpha value is -2.82. The summed E-state index contributed by atoms with van der Waals surface area (Å²) in [5.41, 5.74) is 1.84. The molecule has 0 bridgehead atoms. The van der Waals surface area contributed by atoms with Gasteiger partial charge >= 0.3 is 0 Å². The van der Waals surface area contributed by atoms with E-state index in [-0.39, 0.29) is 36.5 Å². The topological polar surface area (TPSA) is 49.9 Å². The first-order valence-corrected chi connectivity index (χ1v) is 11.4. The number of rotatable bonds is 5. The zero-order valence-electron chi connectivity index (χ0n) is 18.5. The molecule has 0 aliphatic carbocycles. The van der Waals surface area contributed by atoms with E-state index >= 15 is 0 Å². The monoisotopic (exact) mass is 420 g/mol. The fourth-order valence-corrected chi connectivity index (χ4v) is 5.02. The molecule has 0 radical (unpaired) electrons. The molecule has 2 amide bonds. The van der Waals surface area contributed by atoms with E-state index in [0.29, 0.717) is 11.3 Å². The van der Waals surface area contributed by atoms with Crippen molar-refractivity contribution in [2.24, 2.45) is 0 Å². The second-order valence-corrected chi connectivity index (χ2v) is 8.81. The number of piperidine rings is 1. The predicted molar refractivity (Wildman–Crippen MR) is 121 cm³/mol. The number of amides is 2. The molecule has 2 aromatic carbocycles. The van der Waals surface area contributed by atoms with Crippen molar-refractivity contribution in [1.29, 1.82) is 0 Å². The summed E-state index contributed by atoms with van der Waals surface area (Å²) in [6.07, 6.45) is 5.28. The molecule has 2 heterocycles. The molecule has 2 aromatic rings. The average molecular weight is 421 g/mol. The maximum atomic E-state index is 13.1. The van der Waals surface area contributed by atoms with Crippen molar-refractivity contribution in [1.82, 2.24) is 9.80 Å². The summed E-state index contributed by atoms with van der Waals surface area (Å²) in [5, 5.41) is 0. The lowest BCUT2D eigenvalue weighted by molar-refractivity contribution is -0.139. The summed E-state index contributed by atoms with van der Waals surface area (Å²) in [5.74, 6) is 0.691. The normalized spacial score (nSPS) is 23.6. The smallest absolute Gasteiger partial charge is 0.260 e. The van der Waals surface area contributed by atoms with Gasteiger partial charge in [0.25, 0.3) is 11.8 Å². The van der Waals surface area contributed by atoms with Gasteiger partial charge in [0.15, 0.2) is 6.61 Å². The third-order valence-corrected chi connectivity index (χ3v) is 6.64. The van der Waals surface area contributed by atoms with Gasteiger partial charge in [0.05, 0.1) is 6.04 Å². The zero-order valence-corrected chi connectivity index (χ0v) is 18.5. The molecule has 4 rings (SSSR count). The lowest BCUT2D eigenvalue weighted by Gasteiger charge is -2.38. The van der Waals surface area contributed by atoms with Gasteiger partial charge in [-0.15, -0.1) is 0 Å². The Balaban J connectivity index is 1.37. The number of ether oxygens (including phenoxy) is 1. The molecule has 164 valence electrons. The van der Waals surface area contributed by atoms with Crippen LogP contribution in [0.2, 0.25) is 0 Å². The molecule has 3 unspecified atom stereocenters. The van der Waals surface area contributed by atoms with E-state index in [1.165, 1.54) is 12.0 Å². The van der Waals surface area contributed by atoms with E-state index in [9.17, 15) is 9.59 Å². The zero-order chi connectivity index (χ0) is 21.8. The van der Waals surface area contributed by atoms with Crippen LogP contribution in [0.5, 0.6) is 5.75 Å². The fraction of sp³-hybridized carbons (Fsp3) is 0.462. The molecule has 0 spiro atoms. The molecule has 0 aromatic heterocycles. The van der Waals surface area contributed by atoms with Gasteiger partial charge in [-0.3, -0.25) is 9.59 Å². The standard InChI is InChI=1S/C26H32N2O3/c1-19-8-6-9-20(2)28(19)25(29)18-31-23-15-13-22(14-16-23)26(30)27-17-7-12-24(27)21-10-4-3-5-11-21/h3-5,10-11,13-16,19-20,24H,6-9,12,17-18H2,1-2H3. The van der Waals surface area contributed by atoms with Crippen LogP contribution in [0, 0.1) is 0 Å². The van der Waals surface area contributed by atoms with Crippen LogP contribution in [-0.2, 0) is 4.79 Å². The highest BCUT2D eigenvalue weighted by Gasteiger charge is 2.31. The molecule has 0 N–H and O–H groups in total. The molecule has 2 saturated heterocycles. The Morgan fingerprint density at radius 3 is 2.26 bits per heavy atom.